The third kappa shape index (κ3) is 3.74. The van der Waals surface area contributed by atoms with Gasteiger partial charge >= 0.3 is 0 Å². The largest absolute Gasteiger partial charge is 0.346 e. The van der Waals surface area contributed by atoms with E-state index >= 15 is 0 Å². The molecule has 2 aliphatic rings. The number of amides is 1. The Bertz CT molecular complexity index is 935. The standard InChI is InChI=1S/C18H22N4O4S/c1-12-4-8-14(9-5-12)27(24,25)22-10-2-3-15(22)18(23)19-11-16-20-17(21-26-16)13-6-7-13/h4-5,8-9,13,15H,2-3,6-7,10-11H2,1H3,(H,19,23)/t15-/m0/s1. The summed E-state index contributed by atoms with van der Waals surface area (Å²) in [4.78, 5) is 17.1. The first-order chi connectivity index (χ1) is 12.9. The molecule has 4 rings (SSSR count). The lowest BCUT2D eigenvalue weighted by Crippen LogP contribution is -2.45. The fraction of sp³-hybridized carbons (Fsp3) is 0.500. The van der Waals surface area contributed by atoms with Crippen LogP contribution in [0.2, 0.25) is 0 Å². The van der Waals surface area contributed by atoms with E-state index < -0.39 is 16.1 Å². The molecule has 1 aliphatic heterocycles. The van der Waals surface area contributed by atoms with E-state index in [-0.39, 0.29) is 17.3 Å². The Morgan fingerprint density at radius 3 is 2.70 bits per heavy atom. The number of carbonyl (C=O) groups excluding carboxylic acids is 1. The van der Waals surface area contributed by atoms with Crippen molar-refractivity contribution in [2.75, 3.05) is 6.54 Å². The topological polar surface area (TPSA) is 105 Å². The van der Waals surface area contributed by atoms with Crippen molar-refractivity contribution < 1.29 is 17.7 Å². The zero-order valence-corrected chi connectivity index (χ0v) is 15.9. The van der Waals surface area contributed by atoms with E-state index in [9.17, 15) is 13.2 Å². The maximum absolute atomic E-state index is 12.9. The van der Waals surface area contributed by atoms with Gasteiger partial charge in [-0.25, -0.2) is 8.42 Å². The molecule has 0 bridgehead atoms. The number of aryl methyl sites for hydroxylation is 1. The molecule has 2 fully saturated rings. The molecule has 1 atom stereocenters. The zero-order valence-electron chi connectivity index (χ0n) is 15.1. The number of benzene rings is 1. The number of carbonyl (C=O) groups is 1. The van der Waals surface area contributed by atoms with Crippen molar-refractivity contribution in [3.05, 3.63) is 41.5 Å². The van der Waals surface area contributed by atoms with Gasteiger partial charge in [0.15, 0.2) is 5.82 Å². The minimum atomic E-state index is -3.71. The average molecular weight is 390 g/mol. The number of nitrogens with one attached hydrogen (secondary N) is 1. The zero-order chi connectivity index (χ0) is 19.0. The van der Waals surface area contributed by atoms with Crippen LogP contribution in [0.25, 0.3) is 0 Å². The molecular weight excluding hydrogens is 368 g/mol. The summed E-state index contributed by atoms with van der Waals surface area (Å²) in [6, 6.07) is 5.95. The summed E-state index contributed by atoms with van der Waals surface area (Å²) in [5.74, 6) is 1.07. The Kier molecular flexibility index (Phi) is 4.73. The summed E-state index contributed by atoms with van der Waals surface area (Å²) in [5.41, 5.74) is 0.981. The van der Waals surface area contributed by atoms with Gasteiger partial charge in [0.1, 0.15) is 6.04 Å². The summed E-state index contributed by atoms with van der Waals surface area (Å²) >= 11 is 0. The number of sulfonamides is 1. The highest BCUT2D eigenvalue weighted by Crippen LogP contribution is 2.38. The van der Waals surface area contributed by atoms with Crippen LogP contribution >= 0.6 is 0 Å². The fourth-order valence-corrected chi connectivity index (χ4v) is 4.92. The van der Waals surface area contributed by atoms with E-state index in [1.807, 2.05) is 6.92 Å². The quantitative estimate of drug-likeness (QED) is 0.805. The molecule has 2 aromatic rings. The highest BCUT2D eigenvalue weighted by molar-refractivity contribution is 7.89. The van der Waals surface area contributed by atoms with E-state index in [0.717, 1.165) is 18.4 Å². The maximum atomic E-state index is 12.9. The van der Waals surface area contributed by atoms with E-state index in [4.69, 9.17) is 4.52 Å². The summed E-state index contributed by atoms with van der Waals surface area (Å²) in [6.07, 6.45) is 3.28. The molecule has 0 spiro atoms. The normalized spacial score (nSPS) is 20.7. The monoisotopic (exact) mass is 390 g/mol. The molecule has 2 heterocycles. The van der Waals surface area contributed by atoms with Gasteiger partial charge in [-0.2, -0.15) is 9.29 Å². The summed E-state index contributed by atoms with van der Waals surface area (Å²) in [6.45, 7) is 2.34. The number of aromatic nitrogens is 2. The van der Waals surface area contributed by atoms with Crippen LogP contribution in [-0.2, 0) is 21.4 Å². The van der Waals surface area contributed by atoms with Gasteiger partial charge in [0, 0.05) is 12.5 Å². The molecule has 27 heavy (non-hydrogen) atoms. The predicted octanol–water partition coefficient (Wildman–Crippen LogP) is 1.72. The van der Waals surface area contributed by atoms with Crippen molar-refractivity contribution in [1.82, 2.24) is 19.8 Å². The smallest absolute Gasteiger partial charge is 0.246 e. The fourth-order valence-electron chi connectivity index (χ4n) is 3.26. The first kappa shape index (κ1) is 18.1. The SMILES string of the molecule is Cc1ccc(S(=O)(=O)N2CCC[C@H]2C(=O)NCc2nc(C3CC3)no2)cc1. The van der Waals surface area contributed by atoms with Crippen LogP contribution < -0.4 is 5.32 Å². The van der Waals surface area contributed by atoms with Gasteiger partial charge in [0.2, 0.25) is 21.8 Å². The molecule has 1 saturated heterocycles. The first-order valence-electron chi connectivity index (χ1n) is 9.14. The summed E-state index contributed by atoms with van der Waals surface area (Å²) in [5, 5.41) is 6.65. The van der Waals surface area contributed by atoms with Crippen LogP contribution in [0.5, 0.6) is 0 Å². The third-order valence-corrected chi connectivity index (χ3v) is 6.90. The van der Waals surface area contributed by atoms with Crippen LogP contribution in [0.4, 0.5) is 0 Å². The second-order valence-electron chi connectivity index (χ2n) is 7.13. The Labute approximate surface area is 158 Å². The van der Waals surface area contributed by atoms with Gasteiger partial charge in [-0.15, -0.1) is 0 Å². The number of nitrogens with zero attached hydrogens (tertiary/aromatic N) is 3. The van der Waals surface area contributed by atoms with Crippen molar-refractivity contribution in [3.63, 3.8) is 0 Å². The summed E-state index contributed by atoms with van der Waals surface area (Å²) < 4.78 is 32.3. The molecular formula is C18H22N4O4S. The third-order valence-electron chi connectivity index (χ3n) is 4.97. The molecule has 0 radical (unpaired) electrons. The Morgan fingerprint density at radius 2 is 2.00 bits per heavy atom. The number of hydrogen-bond donors (Lipinski definition) is 1. The van der Waals surface area contributed by atoms with Crippen LogP contribution in [0.15, 0.2) is 33.7 Å². The van der Waals surface area contributed by atoms with Crippen molar-refractivity contribution in [2.45, 2.75) is 56.0 Å². The van der Waals surface area contributed by atoms with Crippen LogP contribution in [0.1, 0.15) is 48.9 Å². The van der Waals surface area contributed by atoms with Crippen LogP contribution in [-0.4, -0.2) is 41.4 Å². The molecule has 1 aromatic carbocycles. The van der Waals surface area contributed by atoms with Gasteiger partial charge in [-0.1, -0.05) is 22.9 Å². The van der Waals surface area contributed by atoms with Gasteiger partial charge in [0.25, 0.3) is 0 Å². The van der Waals surface area contributed by atoms with E-state index in [1.165, 1.54) is 4.31 Å². The van der Waals surface area contributed by atoms with Crippen LogP contribution in [0.3, 0.4) is 0 Å². The van der Waals surface area contributed by atoms with E-state index in [2.05, 4.69) is 15.5 Å². The minimum Gasteiger partial charge on any atom is -0.346 e. The molecule has 9 heteroatoms. The van der Waals surface area contributed by atoms with Crippen molar-refractivity contribution in [2.24, 2.45) is 0 Å². The highest BCUT2D eigenvalue weighted by Gasteiger charge is 2.39. The van der Waals surface area contributed by atoms with Gasteiger partial charge in [0.05, 0.1) is 11.4 Å². The number of rotatable bonds is 6. The van der Waals surface area contributed by atoms with Gasteiger partial charge in [-0.3, -0.25) is 4.79 Å². The second kappa shape index (κ2) is 7.05. The van der Waals surface area contributed by atoms with E-state index in [1.54, 1.807) is 24.3 Å². The molecule has 144 valence electrons. The molecule has 1 aliphatic carbocycles. The lowest BCUT2D eigenvalue weighted by atomic mass is 10.2. The lowest BCUT2D eigenvalue weighted by molar-refractivity contribution is -0.124. The van der Waals surface area contributed by atoms with E-state index in [0.29, 0.717) is 37.0 Å². The minimum absolute atomic E-state index is 0.105. The second-order valence-corrected chi connectivity index (χ2v) is 9.02. The summed E-state index contributed by atoms with van der Waals surface area (Å²) in [7, 11) is -3.71. The predicted molar refractivity (Wildman–Crippen MR) is 96.2 cm³/mol. The molecule has 1 N–H and O–H groups in total. The molecule has 1 saturated carbocycles. The van der Waals surface area contributed by atoms with Crippen LogP contribution in [0, 0.1) is 6.92 Å². The number of hydrogen-bond acceptors (Lipinski definition) is 6. The first-order valence-corrected chi connectivity index (χ1v) is 10.6. The Morgan fingerprint density at radius 1 is 1.26 bits per heavy atom. The van der Waals surface area contributed by atoms with Crippen molar-refractivity contribution in [1.29, 1.82) is 0 Å². The molecule has 1 amide bonds. The Balaban J connectivity index is 1.43. The van der Waals surface area contributed by atoms with Gasteiger partial charge < -0.3 is 9.84 Å². The molecule has 1 aromatic heterocycles. The average Bonchev–Trinajstić information content (AvgIpc) is 3.19. The van der Waals surface area contributed by atoms with Gasteiger partial charge in [-0.05, 0) is 44.7 Å². The molecule has 0 unspecified atom stereocenters. The lowest BCUT2D eigenvalue weighted by Gasteiger charge is -2.23. The Hall–Kier alpha value is -2.26. The highest BCUT2D eigenvalue weighted by atomic mass is 32.2. The van der Waals surface area contributed by atoms with Crippen molar-refractivity contribution >= 4 is 15.9 Å². The maximum Gasteiger partial charge on any atom is 0.246 e. The van der Waals surface area contributed by atoms with Crippen molar-refractivity contribution in [3.8, 4) is 0 Å². The molecule has 8 nitrogen and oxygen atoms in total.